The Kier molecular flexibility index (Phi) is 6.74. The molecule has 1 aliphatic rings. The minimum absolute atomic E-state index is 0.0123. The van der Waals surface area contributed by atoms with Crippen molar-refractivity contribution in [2.75, 3.05) is 23.4 Å². The minimum atomic E-state index is -3.03. The molecule has 2 aromatic rings. The average molecular weight is 420 g/mol. The molecule has 6 nitrogen and oxygen atoms in total. The zero-order valence-electron chi connectivity index (χ0n) is 15.2. The van der Waals surface area contributed by atoms with E-state index in [1.165, 1.54) is 11.8 Å². The molecule has 0 aliphatic carbocycles. The fourth-order valence-corrected chi connectivity index (χ4v) is 5.72. The van der Waals surface area contributed by atoms with Crippen LogP contribution in [0, 0.1) is 5.92 Å². The Bertz CT molecular complexity index is 944. The van der Waals surface area contributed by atoms with Crippen molar-refractivity contribution in [1.82, 2.24) is 0 Å². The van der Waals surface area contributed by atoms with Crippen LogP contribution in [-0.2, 0) is 24.2 Å². The largest absolute Gasteiger partial charge is 0.456 e. The summed E-state index contributed by atoms with van der Waals surface area (Å²) in [4.78, 5) is 26.0. The second-order valence-electron chi connectivity index (χ2n) is 6.59. The van der Waals surface area contributed by atoms with E-state index < -0.39 is 28.3 Å². The van der Waals surface area contributed by atoms with Crippen LogP contribution in [0.4, 0.5) is 5.69 Å². The van der Waals surface area contributed by atoms with Gasteiger partial charge in [-0.3, -0.25) is 9.59 Å². The number of hydrogen-bond acceptors (Lipinski definition) is 6. The van der Waals surface area contributed by atoms with Crippen molar-refractivity contribution in [1.29, 1.82) is 0 Å². The molecule has 28 heavy (non-hydrogen) atoms. The van der Waals surface area contributed by atoms with E-state index in [1.807, 2.05) is 48.5 Å². The van der Waals surface area contributed by atoms with Crippen LogP contribution in [0.25, 0.3) is 0 Å². The van der Waals surface area contributed by atoms with Gasteiger partial charge >= 0.3 is 5.97 Å². The average Bonchev–Trinajstić information content (AvgIpc) is 3.01. The molecule has 1 unspecified atom stereocenters. The van der Waals surface area contributed by atoms with Crippen LogP contribution in [-0.4, -0.2) is 38.4 Å². The summed E-state index contributed by atoms with van der Waals surface area (Å²) in [5, 5.41) is 2.76. The second-order valence-corrected chi connectivity index (χ2v) is 9.94. The van der Waals surface area contributed by atoms with E-state index in [4.69, 9.17) is 4.74 Å². The van der Waals surface area contributed by atoms with Gasteiger partial charge in [-0.05, 0) is 36.6 Å². The zero-order valence-corrected chi connectivity index (χ0v) is 16.8. The van der Waals surface area contributed by atoms with Crippen molar-refractivity contribution in [2.24, 2.45) is 5.92 Å². The number of sulfone groups is 1. The van der Waals surface area contributed by atoms with Gasteiger partial charge in [-0.15, -0.1) is 0 Å². The number of carbonyl (C=O) groups is 2. The van der Waals surface area contributed by atoms with Crippen molar-refractivity contribution < 1.29 is 22.7 Å². The number of ether oxygens (including phenoxy) is 1. The van der Waals surface area contributed by atoms with Gasteiger partial charge < -0.3 is 10.1 Å². The van der Waals surface area contributed by atoms with Gasteiger partial charge in [-0.1, -0.05) is 42.1 Å². The van der Waals surface area contributed by atoms with E-state index in [-0.39, 0.29) is 23.8 Å². The number of rotatable bonds is 7. The molecule has 1 heterocycles. The molecule has 8 heteroatoms. The maximum Gasteiger partial charge on any atom is 0.306 e. The topological polar surface area (TPSA) is 89.5 Å². The number of anilines is 1. The first kappa shape index (κ1) is 20.4. The Morgan fingerprint density at radius 3 is 2.50 bits per heavy atom. The Morgan fingerprint density at radius 1 is 1.07 bits per heavy atom. The number of carbonyl (C=O) groups excluding carboxylic acids is 2. The molecule has 0 spiro atoms. The first-order valence-corrected chi connectivity index (χ1v) is 11.5. The fourth-order valence-electron chi connectivity index (χ4n) is 2.93. The molecule has 1 amide bonds. The summed E-state index contributed by atoms with van der Waals surface area (Å²) in [7, 11) is -3.03. The molecular weight excluding hydrogens is 398 g/mol. The summed E-state index contributed by atoms with van der Waals surface area (Å²) in [6.07, 6.45) is 0.487. The monoisotopic (exact) mass is 419 g/mol. The highest BCUT2D eigenvalue weighted by Gasteiger charge is 2.30. The van der Waals surface area contributed by atoms with Gasteiger partial charge in [0, 0.05) is 16.2 Å². The van der Waals surface area contributed by atoms with Crippen LogP contribution in [0.1, 0.15) is 12.8 Å². The number of hydrogen-bond donors (Lipinski definition) is 1. The minimum Gasteiger partial charge on any atom is -0.456 e. The summed E-state index contributed by atoms with van der Waals surface area (Å²) in [5.41, 5.74) is 0.638. The lowest BCUT2D eigenvalue weighted by Crippen LogP contribution is -2.22. The molecule has 148 valence electrons. The predicted molar refractivity (Wildman–Crippen MR) is 108 cm³/mol. The molecule has 0 bridgehead atoms. The summed E-state index contributed by atoms with van der Waals surface area (Å²) >= 11 is 1.52. The summed E-state index contributed by atoms with van der Waals surface area (Å²) in [5.74, 6) is -1.08. The molecule has 1 saturated heterocycles. The molecule has 0 saturated carbocycles. The first-order chi connectivity index (χ1) is 13.4. The van der Waals surface area contributed by atoms with Gasteiger partial charge in [-0.2, -0.15) is 0 Å². The lowest BCUT2D eigenvalue weighted by atomic mass is 10.1. The van der Waals surface area contributed by atoms with Crippen molar-refractivity contribution in [3.05, 3.63) is 54.6 Å². The number of nitrogens with one attached hydrogen (secondary N) is 1. The van der Waals surface area contributed by atoms with E-state index in [2.05, 4.69) is 5.32 Å². The Labute approximate surface area is 168 Å². The fraction of sp³-hybridized carbons (Fsp3) is 0.300. The normalized spacial score (nSPS) is 17.8. The third-order valence-electron chi connectivity index (χ3n) is 4.28. The van der Waals surface area contributed by atoms with Gasteiger partial charge in [0.2, 0.25) is 0 Å². The highest BCUT2D eigenvalue weighted by molar-refractivity contribution is 7.99. The third kappa shape index (κ3) is 6.10. The van der Waals surface area contributed by atoms with E-state index >= 15 is 0 Å². The van der Waals surface area contributed by atoms with E-state index in [0.29, 0.717) is 12.1 Å². The molecule has 2 aromatic carbocycles. The lowest BCUT2D eigenvalue weighted by Gasteiger charge is -2.12. The van der Waals surface area contributed by atoms with E-state index in [0.717, 1.165) is 9.79 Å². The summed E-state index contributed by atoms with van der Waals surface area (Å²) < 4.78 is 27.9. The molecule has 0 radical (unpaired) electrons. The van der Waals surface area contributed by atoms with Crippen LogP contribution < -0.4 is 5.32 Å². The highest BCUT2D eigenvalue weighted by atomic mass is 32.2. The molecule has 1 fully saturated rings. The third-order valence-corrected chi connectivity index (χ3v) is 7.20. The Hall–Kier alpha value is -2.32. The number of para-hydroxylation sites is 1. The van der Waals surface area contributed by atoms with E-state index in [1.54, 1.807) is 6.07 Å². The summed E-state index contributed by atoms with van der Waals surface area (Å²) in [6.45, 7) is -0.400. The van der Waals surface area contributed by atoms with Gasteiger partial charge in [0.15, 0.2) is 16.4 Å². The summed E-state index contributed by atoms with van der Waals surface area (Å²) in [6, 6.07) is 17.2. The Balaban J connectivity index is 1.50. The smallest absolute Gasteiger partial charge is 0.306 e. The van der Waals surface area contributed by atoms with Crippen LogP contribution in [0.3, 0.4) is 0 Å². The van der Waals surface area contributed by atoms with Crippen molar-refractivity contribution in [3.8, 4) is 0 Å². The molecule has 1 atom stereocenters. The van der Waals surface area contributed by atoms with Gasteiger partial charge in [0.25, 0.3) is 5.91 Å². The predicted octanol–water partition coefficient (Wildman–Crippen LogP) is 3.14. The zero-order chi connectivity index (χ0) is 20.0. The molecule has 1 N–H and O–H groups in total. The van der Waals surface area contributed by atoms with Crippen LogP contribution in [0.15, 0.2) is 64.4 Å². The standard InChI is InChI=1S/C20H21NO5S2/c22-19(13-26-20(23)12-15-10-11-28(24,25)14-15)21-17-8-4-5-9-18(17)27-16-6-2-1-3-7-16/h1-9,15H,10-14H2,(H,21,22). The molecule has 0 aromatic heterocycles. The molecule has 1 aliphatic heterocycles. The van der Waals surface area contributed by atoms with Crippen molar-refractivity contribution in [2.45, 2.75) is 22.6 Å². The van der Waals surface area contributed by atoms with Crippen LogP contribution in [0.2, 0.25) is 0 Å². The lowest BCUT2D eigenvalue weighted by molar-refractivity contribution is -0.148. The van der Waals surface area contributed by atoms with Crippen LogP contribution in [0.5, 0.6) is 0 Å². The Morgan fingerprint density at radius 2 is 1.79 bits per heavy atom. The molecular formula is C20H21NO5S2. The van der Waals surface area contributed by atoms with Gasteiger partial charge in [-0.25, -0.2) is 8.42 Å². The quantitative estimate of drug-likeness (QED) is 0.694. The van der Waals surface area contributed by atoms with Gasteiger partial charge in [0.05, 0.1) is 17.2 Å². The SMILES string of the molecule is O=C(COC(=O)CC1CCS(=O)(=O)C1)Nc1ccccc1Sc1ccccc1. The number of amides is 1. The van der Waals surface area contributed by atoms with Crippen LogP contribution >= 0.6 is 11.8 Å². The maximum atomic E-state index is 12.2. The maximum absolute atomic E-state index is 12.2. The van der Waals surface area contributed by atoms with Crippen molar-refractivity contribution >= 4 is 39.2 Å². The number of esters is 1. The van der Waals surface area contributed by atoms with E-state index in [9.17, 15) is 18.0 Å². The van der Waals surface area contributed by atoms with Gasteiger partial charge in [0.1, 0.15) is 0 Å². The first-order valence-electron chi connectivity index (χ1n) is 8.89. The van der Waals surface area contributed by atoms with Crippen molar-refractivity contribution in [3.63, 3.8) is 0 Å². The molecule has 3 rings (SSSR count). The number of benzene rings is 2. The second kappa shape index (κ2) is 9.25. The highest BCUT2D eigenvalue weighted by Crippen LogP contribution is 2.33.